The lowest BCUT2D eigenvalue weighted by molar-refractivity contribution is 0.241. The summed E-state index contributed by atoms with van der Waals surface area (Å²) in [7, 11) is 0. The molecule has 2 aliphatic rings. The van der Waals surface area contributed by atoms with E-state index >= 15 is 0 Å². The highest BCUT2D eigenvalue weighted by molar-refractivity contribution is 5.82. The molecule has 8 nitrogen and oxygen atoms in total. The van der Waals surface area contributed by atoms with Crippen molar-refractivity contribution in [3.05, 3.63) is 59.9 Å². The number of benzene rings is 1. The highest BCUT2D eigenvalue weighted by Crippen LogP contribution is 2.39. The van der Waals surface area contributed by atoms with Gasteiger partial charge in [0.15, 0.2) is 5.82 Å². The van der Waals surface area contributed by atoms with E-state index < -0.39 is 5.82 Å². The van der Waals surface area contributed by atoms with E-state index in [0.29, 0.717) is 22.7 Å². The summed E-state index contributed by atoms with van der Waals surface area (Å²) in [5.74, 6) is 1.40. The molecule has 6 rings (SSSR count). The fourth-order valence-electron chi connectivity index (χ4n) is 6.40. The van der Waals surface area contributed by atoms with Gasteiger partial charge in [0.2, 0.25) is 5.95 Å². The SMILES string of the molecule is CCN1CCC2(CCN(Cc3ccc(Nc4ncc(F)c(-c5ccc6nc(C)n(C(C)C)c6c5)n4)nc3)C2)C1. The molecule has 0 radical (unpaired) electrons. The van der Waals surface area contributed by atoms with Crippen LogP contribution in [0.25, 0.3) is 22.3 Å². The third-order valence-corrected chi connectivity index (χ3v) is 8.35. The van der Waals surface area contributed by atoms with Crippen molar-refractivity contribution in [2.75, 3.05) is 38.0 Å². The first-order valence-electron chi connectivity index (χ1n) is 14.0. The molecule has 0 saturated carbocycles. The van der Waals surface area contributed by atoms with E-state index in [-0.39, 0.29) is 11.7 Å². The number of fused-ring (bicyclic) bond motifs is 1. The standard InChI is InChI=1S/C30H37FN8/c1-5-37-12-10-30(18-37)11-13-38(19-30)17-22-6-9-27(32-15-22)35-29-33-16-24(31)28(36-29)23-7-8-25-26(14-23)39(20(2)3)21(4)34-25/h6-9,14-16,20H,5,10-13,17-19H2,1-4H3,(H,32,33,35,36). The molecular formula is C30H37FN8. The summed E-state index contributed by atoms with van der Waals surface area (Å²) in [6.07, 6.45) is 5.72. The molecule has 3 aromatic heterocycles. The number of pyridine rings is 1. The number of aryl methyl sites for hydroxylation is 1. The van der Waals surface area contributed by atoms with Crippen LogP contribution in [0.15, 0.2) is 42.7 Å². The summed E-state index contributed by atoms with van der Waals surface area (Å²) in [6.45, 7) is 15.3. The van der Waals surface area contributed by atoms with Crippen molar-refractivity contribution in [3.8, 4) is 11.3 Å². The number of aromatic nitrogens is 5. The molecule has 1 spiro atoms. The van der Waals surface area contributed by atoms with Crippen LogP contribution >= 0.6 is 0 Å². The van der Waals surface area contributed by atoms with E-state index in [1.165, 1.54) is 44.2 Å². The maximum absolute atomic E-state index is 14.9. The van der Waals surface area contributed by atoms with Crippen molar-refractivity contribution < 1.29 is 4.39 Å². The van der Waals surface area contributed by atoms with Crippen molar-refractivity contribution in [2.45, 2.75) is 53.1 Å². The van der Waals surface area contributed by atoms with Crippen LogP contribution in [-0.4, -0.2) is 67.0 Å². The van der Waals surface area contributed by atoms with Gasteiger partial charge in [-0.2, -0.15) is 0 Å². The topological polar surface area (TPSA) is 75.0 Å². The van der Waals surface area contributed by atoms with Crippen LogP contribution in [0.1, 0.15) is 51.0 Å². The summed E-state index contributed by atoms with van der Waals surface area (Å²) in [4.78, 5) is 23.0. The molecule has 5 heterocycles. The van der Waals surface area contributed by atoms with Gasteiger partial charge in [0.1, 0.15) is 17.3 Å². The number of hydrogen-bond acceptors (Lipinski definition) is 7. The molecule has 2 fully saturated rings. The summed E-state index contributed by atoms with van der Waals surface area (Å²) < 4.78 is 17.0. The number of hydrogen-bond donors (Lipinski definition) is 1. The normalized spacial score (nSPS) is 20.2. The highest BCUT2D eigenvalue weighted by Gasteiger charge is 2.42. The van der Waals surface area contributed by atoms with E-state index in [4.69, 9.17) is 0 Å². The second-order valence-electron chi connectivity index (χ2n) is 11.5. The maximum Gasteiger partial charge on any atom is 0.229 e. The summed E-state index contributed by atoms with van der Waals surface area (Å²) in [6, 6.07) is 10.0. The van der Waals surface area contributed by atoms with Crippen LogP contribution in [0.2, 0.25) is 0 Å². The Hall–Kier alpha value is -3.43. The first-order chi connectivity index (χ1) is 18.8. The molecule has 0 aliphatic carbocycles. The summed E-state index contributed by atoms with van der Waals surface area (Å²) in [5, 5.41) is 3.15. The monoisotopic (exact) mass is 528 g/mol. The van der Waals surface area contributed by atoms with Gasteiger partial charge in [-0.05, 0) is 82.4 Å². The van der Waals surface area contributed by atoms with E-state index in [0.717, 1.165) is 36.5 Å². The Bertz CT molecular complexity index is 1480. The quantitative estimate of drug-likeness (QED) is 0.336. The molecule has 4 aromatic rings. The van der Waals surface area contributed by atoms with E-state index in [1.54, 1.807) is 0 Å². The van der Waals surface area contributed by atoms with Crippen LogP contribution in [0.5, 0.6) is 0 Å². The number of rotatable bonds is 7. The van der Waals surface area contributed by atoms with Crippen molar-refractivity contribution in [3.63, 3.8) is 0 Å². The Labute approximate surface area is 229 Å². The summed E-state index contributed by atoms with van der Waals surface area (Å²) >= 11 is 0. The lowest BCUT2D eigenvalue weighted by atomic mass is 9.86. The molecule has 9 heteroatoms. The van der Waals surface area contributed by atoms with Crippen LogP contribution in [0.3, 0.4) is 0 Å². The van der Waals surface area contributed by atoms with Gasteiger partial charge in [0.05, 0.1) is 17.2 Å². The van der Waals surface area contributed by atoms with Crippen LogP contribution in [0.4, 0.5) is 16.2 Å². The van der Waals surface area contributed by atoms with Crippen molar-refractivity contribution in [1.82, 2.24) is 34.3 Å². The van der Waals surface area contributed by atoms with Crippen LogP contribution < -0.4 is 5.32 Å². The maximum atomic E-state index is 14.9. The van der Waals surface area contributed by atoms with Crippen molar-refractivity contribution in [1.29, 1.82) is 0 Å². The number of likely N-dealkylation sites (tertiary alicyclic amines) is 2. The van der Waals surface area contributed by atoms with Crippen molar-refractivity contribution >= 4 is 22.8 Å². The molecule has 1 N–H and O–H groups in total. The lowest BCUT2D eigenvalue weighted by Gasteiger charge is -2.24. The minimum Gasteiger partial charge on any atom is -0.326 e. The predicted octanol–water partition coefficient (Wildman–Crippen LogP) is 5.58. The zero-order valence-electron chi connectivity index (χ0n) is 23.3. The molecule has 0 amide bonds. The minimum absolute atomic E-state index is 0.243. The van der Waals surface area contributed by atoms with Crippen LogP contribution in [-0.2, 0) is 6.54 Å². The number of anilines is 2. The highest BCUT2D eigenvalue weighted by atomic mass is 19.1. The minimum atomic E-state index is -0.469. The number of imidazole rings is 1. The predicted molar refractivity (Wildman–Crippen MR) is 152 cm³/mol. The van der Waals surface area contributed by atoms with Crippen molar-refractivity contribution in [2.24, 2.45) is 5.41 Å². The third-order valence-electron chi connectivity index (χ3n) is 8.35. The van der Waals surface area contributed by atoms with Gasteiger partial charge in [-0.3, -0.25) is 4.90 Å². The van der Waals surface area contributed by atoms with Gasteiger partial charge in [0.25, 0.3) is 0 Å². The zero-order valence-corrected chi connectivity index (χ0v) is 23.3. The second kappa shape index (κ2) is 10.3. The smallest absolute Gasteiger partial charge is 0.229 e. The average molecular weight is 529 g/mol. The fourth-order valence-corrected chi connectivity index (χ4v) is 6.40. The fraction of sp³-hybridized carbons (Fsp3) is 0.467. The Morgan fingerprint density at radius 1 is 1.00 bits per heavy atom. The van der Waals surface area contributed by atoms with Gasteiger partial charge in [-0.1, -0.05) is 19.1 Å². The first kappa shape index (κ1) is 25.8. The molecule has 2 saturated heterocycles. The number of halogens is 1. The van der Waals surface area contributed by atoms with E-state index in [9.17, 15) is 4.39 Å². The number of nitrogens with one attached hydrogen (secondary N) is 1. The van der Waals surface area contributed by atoms with Gasteiger partial charge < -0.3 is 14.8 Å². The Morgan fingerprint density at radius 3 is 2.51 bits per heavy atom. The molecule has 2 aliphatic heterocycles. The molecular weight excluding hydrogens is 491 g/mol. The second-order valence-corrected chi connectivity index (χ2v) is 11.5. The summed E-state index contributed by atoms with van der Waals surface area (Å²) in [5.41, 5.74) is 4.44. The molecule has 204 valence electrons. The molecule has 0 bridgehead atoms. The largest absolute Gasteiger partial charge is 0.326 e. The van der Waals surface area contributed by atoms with Gasteiger partial charge >= 0.3 is 0 Å². The Balaban J connectivity index is 1.15. The number of nitrogens with zero attached hydrogens (tertiary/aromatic N) is 7. The molecule has 39 heavy (non-hydrogen) atoms. The first-order valence-corrected chi connectivity index (χ1v) is 14.0. The zero-order chi connectivity index (χ0) is 27.1. The van der Waals surface area contributed by atoms with Gasteiger partial charge in [-0.15, -0.1) is 0 Å². The lowest BCUT2D eigenvalue weighted by Crippen LogP contribution is -2.30. The van der Waals surface area contributed by atoms with Gasteiger partial charge in [0, 0.05) is 37.4 Å². The molecule has 1 unspecified atom stereocenters. The third kappa shape index (κ3) is 5.13. The Kier molecular flexibility index (Phi) is 6.81. The Morgan fingerprint density at radius 2 is 1.79 bits per heavy atom. The average Bonchev–Trinajstić information content (AvgIpc) is 3.62. The van der Waals surface area contributed by atoms with Gasteiger partial charge in [-0.25, -0.2) is 24.3 Å². The van der Waals surface area contributed by atoms with E-state index in [2.05, 4.69) is 66.5 Å². The molecule has 1 aromatic carbocycles. The van der Waals surface area contributed by atoms with Crippen LogP contribution in [0, 0.1) is 18.2 Å². The molecule has 1 atom stereocenters. The van der Waals surface area contributed by atoms with E-state index in [1.807, 2.05) is 37.4 Å².